The minimum absolute atomic E-state index is 1.09. The molecule has 0 saturated heterocycles. The van der Waals surface area contributed by atoms with Gasteiger partial charge in [-0.2, -0.15) is 0 Å². The molecule has 22 heavy (non-hydrogen) atoms. The predicted octanol–water partition coefficient (Wildman–Crippen LogP) is 4.79. The summed E-state index contributed by atoms with van der Waals surface area (Å²) in [7, 11) is 0. The molecule has 108 valence electrons. The fourth-order valence-electron chi connectivity index (χ4n) is 4.26. The molecule has 2 aliphatic rings. The first-order valence-corrected chi connectivity index (χ1v) is 8.27. The molecule has 0 fully saturated rings. The average molecular weight is 285 g/mol. The number of anilines is 1. The molecule has 0 aromatic heterocycles. The van der Waals surface area contributed by atoms with Gasteiger partial charge in [0.25, 0.3) is 0 Å². The SMILES string of the molecule is CCN1CCc2c1ccc1cc3c(cc21)Cc1ccccc1-3. The molecule has 0 saturated carbocycles. The lowest BCUT2D eigenvalue weighted by molar-refractivity contribution is 0.869. The monoisotopic (exact) mass is 285 g/mol. The molecule has 3 aromatic rings. The molecule has 0 radical (unpaired) electrons. The summed E-state index contributed by atoms with van der Waals surface area (Å²) in [5, 5.41) is 2.87. The van der Waals surface area contributed by atoms with Crippen LogP contribution >= 0.6 is 0 Å². The third-order valence-electron chi connectivity index (χ3n) is 5.37. The highest BCUT2D eigenvalue weighted by Gasteiger charge is 2.23. The van der Waals surface area contributed by atoms with Crippen molar-refractivity contribution in [2.45, 2.75) is 19.8 Å². The minimum atomic E-state index is 1.09. The molecule has 1 aliphatic heterocycles. The Hall–Kier alpha value is -2.28. The number of hydrogen-bond acceptors (Lipinski definition) is 1. The van der Waals surface area contributed by atoms with Crippen molar-refractivity contribution in [2.24, 2.45) is 0 Å². The molecule has 1 nitrogen and oxygen atoms in total. The molecule has 1 heteroatoms. The van der Waals surface area contributed by atoms with Crippen LogP contribution in [0.1, 0.15) is 23.6 Å². The van der Waals surface area contributed by atoms with Gasteiger partial charge < -0.3 is 4.90 Å². The average Bonchev–Trinajstić information content (AvgIpc) is 3.13. The third kappa shape index (κ3) is 1.54. The van der Waals surface area contributed by atoms with Crippen molar-refractivity contribution in [1.29, 1.82) is 0 Å². The fourth-order valence-corrected chi connectivity index (χ4v) is 4.26. The van der Waals surface area contributed by atoms with Crippen molar-refractivity contribution >= 4 is 16.5 Å². The van der Waals surface area contributed by atoms with E-state index in [1.165, 1.54) is 51.7 Å². The maximum absolute atomic E-state index is 2.50. The van der Waals surface area contributed by atoms with Gasteiger partial charge in [-0.25, -0.2) is 0 Å². The highest BCUT2D eigenvalue weighted by molar-refractivity contribution is 5.97. The number of hydrogen-bond donors (Lipinski definition) is 0. The van der Waals surface area contributed by atoms with E-state index in [0.29, 0.717) is 0 Å². The predicted molar refractivity (Wildman–Crippen MR) is 93.8 cm³/mol. The summed E-state index contributed by atoms with van der Waals surface area (Å²) >= 11 is 0. The van der Waals surface area contributed by atoms with Crippen molar-refractivity contribution in [3.63, 3.8) is 0 Å². The van der Waals surface area contributed by atoms with Gasteiger partial charge >= 0.3 is 0 Å². The molecule has 1 heterocycles. The van der Waals surface area contributed by atoms with Crippen LogP contribution in [0, 0.1) is 0 Å². The van der Waals surface area contributed by atoms with Crippen LogP contribution in [0.25, 0.3) is 21.9 Å². The van der Waals surface area contributed by atoms with Crippen LogP contribution in [0.15, 0.2) is 48.5 Å². The Labute approximate surface area is 131 Å². The molecule has 0 unspecified atom stereocenters. The summed E-state index contributed by atoms with van der Waals surface area (Å²) in [5.41, 5.74) is 8.84. The van der Waals surface area contributed by atoms with Crippen LogP contribution in [0.4, 0.5) is 5.69 Å². The molecule has 5 rings (SSSR count). The van der Waals surface area contributed by atoms with Crippen molar-refractivity contribution in [3.05, 3.63) is 65.2 Å². The largest absolute Gasteiger partial charge is 0.371 e. The molecule has 0 atom stereocenters. The molecule has 1 aliphatic carbocycles. The maximum Gasteiger partial charge on any atom is 0.0405 e. The first-order chi connectivity index (χ1) is 10.8. The summed E-state index contributed by atoms with van der Waals surface area (Å²) in [4.78, 5) is 2.50. The van der Waals surface area contributed by atoms with Crippen molar-refractivity contribution in [1.82, 2.24) is 0 Å². The van der Waals surface area contributed by atoms with Gasteiger partial charge in [0, 0.05) is 18.8 Å². The molecule has 0 bridgehead atoms. The molecule has 0 N–H and O–H groups in total. The van der Waals surface area contributed by atoms with Gasteiger partial charge in [0.05, 0.1) is 0 Å². The van der Waals surface area contributed by atoms with E-state index >= 15 is 0 Å². The number of fused-ring (bicyclic) bond motifs is 6. The zero-order chi connectivity index (χ0) is 14.7. The normalized spacial score (nSPS) is 15.0. The van der Waals surface area contributed by atoms with Gasteiger partial charge in [0.15, 0.2) is 0 Å². The Morgan fingerprint density at radius 3 is 2.77 bits per heavy atom. The topological polar surface area (TPSA) is 3.24 Å². The number of likely N-dealkylation sites (N-methyl/N-ethyl adjacent to an activating group) is 1. The van der Waals surface area contributed by atoms with Gasteiger partial charge in [-0.3, -0.25) is 0 Å². The Bertz CT molecular complexity index is 907. The van der Waals surface area contributed by atoms with Gasteiger partial charge in [-0.15, -0.1) is 0 Å². The number of benzene rings is 3. The van der Waals surface area contributed by atoms with Gasteiger partial charge in [-0.1, -0.05) is 30.3 Å². The summed E-state index contributed by atoms with van der Waals surface area (Å²) < 4.78 is 0. The van der Waals surface area contributed by atoms with Crippen LogP contribution in [-0.4, -0.2) is 13.1 Å². The standard InChI is InChI=1S/C21H19N/c1-2-22-10-9-18-19-13-16-11-14-5-3-4-6-17(14)20(16)12-15(19)7-8-21(18)22/h3-8,12-13H,2,9-11H2,1H3. The van der Waals surface area contributed by atoms with E-state index < -0.39 is 0 Å². The zero-order valence-corrected chi connectivity index (χ0v) is 12.9. The first kappa shape index (κ1) is 12.3. The Morgan fingerprint density at radius 1 is 0.955 bits per heavy atom. The lowest BCUT2D eigenvalue weighted by Gasteiger charge is -2.17. The Kier molecular flexibility index (Phi) is 2.43. The highest BCUT2D eigenvalue weighted by Crippen LogP contribution is 2.42. The van der Waals surface area contributed by atoms with Crippen LogP contribution < -0.4 is 4.90 Å². The van der Waals surface area contributed by atoms with E-state index in [1.807, 2.05) is 0 Å². The van der Waals surface area contributed by atoms with E-state index in [1.54, 1.807) is 5.56 Å². The lowest BCUT2D eigenvalue weighted by atomic mass is 9.96. The van der Waals surface area contributed by atoms with Gasteiger partial charge in [0.2, 0.25) is 0 Å². The van der Waals surface area contributed by atoms with Gasteiger partial charge in [0.1, 0.15) is 0 Å². The Morgan fingerprint density at radius 2 is 1.86 bits per heavy atom. The smallest absolute Gasteiger partial charge is 0.0405 e. The van der Waals surface area contributed by atoms with E-state index in [2.05, 4.69) is 60.4 Å². The van der Waals surface area contributed by atoms with E-state index in [9.17, 15) is 0 Å². The van der Waals surface area contributed by atoms with E-state index in [0.717, 1.165) is 13.0 Å². The lowest BCUT2D eigenvalue weighted by Crippen LogP contribution is -2.18. The van der Waals surface area contributed by atoms with Gasteiger partial charge in [-0.05, 0) is 76.6 Å². The summed E-state index contributed by atoms with van der Waals surface area (Å²) in [5.74, 6) is 0. The number of nitrogens with zero attached hydrogens (tertiary/aromatic N) is 1. The third-order valence-corrected chi connectivity index (χ3v) is 5.37. The number of rotatable bonds is 1. The molecule has 3 aromatic carbocycles. The molecular weight excluding hydrogens is 266 g/mol. The van der Waals surface area contributed by atoms with Crippen LogP contribution in [0.2, 0.25) is 0 Å². The molecule has 0 spiro atoms. The molecule has 0 amide bonds. The second-order valence-corrected chi connectivity index (χ2v) is 6.46. The first-order valence-electron chi connectivity index (χ1n) is 8.27. The quantitative estimate of drug-likeness (QED) is 0.486. The second kappa shape index (κ2) is 4.36. The van der Waals surface area contributed by atoms with Crippen molar-refractivity contribution in [3.8, 4) is 11.1 Å². The van der Waals surface area contributed by atoms with Crippen LogP contribution in [-0.2, 0) is 12.8 Å². The second-order valence-electron chi connectivity index (χ2n) is 6.46. The Balaban J connectivity index is 1.76. The minimum Gasteiger partial charge on any atom is -0.371 e. The van der Waals surface area contributed by atoms with E-state index in [4.69, 9.17) is 0 Å². The fraction of sp³-hybridized carbons (Fsp3) is 0.238. The molecular formula is C21H19N. The van der Waals surface area contributed by atoms with Crippen LogP contribution in [0.5, 0.6) is 0 Å². The summed E-state index contributed by atoms with van der Waals surface area (Å²) in [6.45, 7) is 4.52. The maximum atomic E-state index is 2.50. The zero-order valence-electron chi connectivity index (χ0n) is 12.9. The van der Waals surface area contributed by atoms with Crippen LogP contribution in [0.3, 0.4) is 0 Å². The van der Waals surface area contributed by atoms with Crippen molar-refractivity contribution < 1.29 is 0 Å². The highest BCUT2D eigenvalue weighted by atomic mass is 15.1. The van der Waals surface area contributed by atoms with E-state index in [-0.39, 0.29) is 0 Å². The van der Waals surface area contributed by atoms with Crippen molar-refractivity contribution in [2.75, 3.05) is 18.0 Å². The summed E-state index contributed by atoms with van der Waals surface area (Å²) in [6, 6.07) is 18.3. The summed E-state index contributed by atoms with van der Waals surface area (Å²) in [6.07, 6.45) is 2.27.